The molecule has 1 fully saturated rings. The number of hydroxylamine groups is 2. The maximum atomic E-state index is 13.0. The Hall–Kier alpha value is -1.96. The lowest BCUT2D eigenvalue weighted by Gasteiger charge is -2.26. The Labute approximate surface area is 141 Å². The molecule has 0 spiro atoms. The lowest BCUT2D eigenvalue weighted by atomic mass is 10.1. The Kier molecular flexibility index (Phi) is 4.58. The van der Waals surface area contributed by atoms with Crippen molar-refractivity contribution in [3.05, 3.63) is 42.5 Å². The molecule has 1 aliphatic rings. The average molecular weight is 348 g/mol. The van der Waals surface area contributed by atoms with Gasteiger partial charge in [0, 0.05) is 13.6 Å². The van der Waals surface area contributed by atoms with Crippen LogP contribution < -0.4 is 0 Å². The van der Waals surface area contributed by atoms with Crippen molar-refractivity contribution in [2.24, 2.45) is 0 Å². The summed E-state index contributed by atoms with van der Waals surface area (Å²) in [5.41, 5.74) is 0. The van der Waals surface area contributed by atoms with Crippen molar-refractivity contribution >= 4 is 26.7 Å². The number of hydrogen-bond donors (Lipinski definition) is 0. The van der Waals surface area contributed by atoms with E-state index in [1.165, 1.54) is 18.5 Å². The molecular weight excluding hydrogens is 328 g/mol. The van der Waals surface area contributed by atoms with Crippen LogP contribution in [-0.2, 0) is 19.7 Å². The minimum absolute atomic E-state index is 0.209. The number of rotatable bonds is 4. The van der Waals surface area contributed by atoms with E-state index in [9.17, 15) is 13.2 Å². The second-order valence-corrected chi connectivity index (χ2v) is 7.69. The van der Waals surface area contributed by atoms with Crippen LogP contribution in [0.5, 0.6) is 0 Å². The van der Waals surface area contributed by atoms with Crippen LogP contribution in [0.4, 0.5) is 0 Å². The smallest absolute Gasteiger partial charge is 0.264 e. The third kappa shape index (κ3) is 2.90. The van der Waals surface area contributed by atoms with Crippen LogP contribution in [-0.4, -0.2) is 50.4 Å². The first-order chi connectivity index (χ1) is 11.4. The normalized spacial score (nSPS) is 18.8. The zero-order chi connectivity index (χ0) is 17.3. The van der Waals surface area contributed by atoms with E-state index in [1.807, 2.05) is 24.3 Å². The molecule has 0 aliphatic carbocycles. The van der Waals surface area contributed by atoms with Crippen LogP contribution >= 0.6 is 0 Å². The second-order valence-electron chi connectivity index (χ2n) is 5.80. The number of hydrogen-bond acceptors (Lipinski definition) is 4. The summed E-state index contributed by atoms with van der Waals surface area (Å²) >= 11 is 0. The highest BCUT2D eigenvalue weighted by Crippen LogP contribution is 2.28. The van der Waals surface area contributed by atoms with Crippen molar-refractivity contribution in [1.29, 1.82) is 0 Å². The highest BCUT2D eigenvalue weighted by molar-refractivity contribution is 7.89. The topological polar surface area (TPSA) is 66.9 Å². The van der Waals surface area contributed by atoms with Crippen LogP contribution in [0.3, 0.4) is 0 Å². The molecule has 1 aliphatic heterocycles. The Morgan fingerprint density at radius 1 is 1.21 bits per heavy atom. The van der Waals surface area contributed by atoms with Crippen molar-refractivity contribution in [3.63, 3.8) is 0 Å². The summed E-state index contributed by atoms with van der Waals surface area (Å²) in [6.07, 6.45) is 1.15. The van der Waals surface area contributed by atoms with Gasteiger partial charge in [0.1, 0.15) is 6.04 Å². The molecule has 128 valence electrons. The number of carbonyl (C=O) groups excluding carboxylic acids is 1. The molecule has 24 heavy (non-hydrogen) atoms. The van der Waals surface area contributed by atoms with Crippen LogP contribution in [0, 0.1) is 0 Å². The largest absolute Gasteiger partial charge is 0.275 e. The highest BCUT2D eigenvalue weighted by Gasteiger charge is 2.40. The van der Waals surface area contributed by atoms with Gasteiger partial charge in [0.05, 0.1) is 12.0 Å². The molecule has 0 N–H and O–H groups in total. The Morgan fingerprint density at radius 3 is 2.62 bits per heavy atom. The lowest BCUT2D eigenvalue weighted by molar-refractivity contribution is -0.172. The summed E-state index contributed by atoms with van der Waals surface area (Å²) in [7, 11) is -0.864. The van der Waals surface area contributed by atoms with E-state index in [-0.39, 0.29) is 10.8 Å². The van der Waals surface area contributed by atoms with Gasteiger partial charge in [-0.05, 0) is 35.7 Å². The van der Waals surface area contributed by atoms with Gasteiger partial charge >= 0.3 is 0 Å². The standard InChI is InChI=1S/C17H20N2O4S/c1-18(23-2)17(20)16-8-5-11-19(16)24(21,22)15-10-9-13-6-3-4-7-14(13)12-15/h3-4,6-7,9-10,12,16H,5,8,11H2,1-2H3. The zero-order valence-electron chi connectivity index (χ0n) is 13.7. The van der Waals surface area contributed by atoms with Gasteiger partial charge in [-0.2, -0.15) is 4.31 Å². The summed E-state index contributed by atoms with van der Waals surface area (Å²) in [6, 6.07) is 11.9. The fraction of sp³-hybridized carbons (Fsp3) is 0.353. The first kappa shape index (κ1) is 16.9. The van der Waals surface area contributed by atoms with E-state index in [2.05, 4.69) is 0 Å². The molecule has 2 aromatic rings. The van der Waals surface area contributed by atoms with Gasteiger partial charge in [-0.3, -0.25) is 9.63 Å². The minimum Gasteiger partial charge on any atom is -0.275 e. The monoisotopic (exact) mass is 348 g/mol. The van der Waals surface area contributed by atoms with E-state index in [1.54, 1.807) is 18.2 Å². The minimum atomic E-state index is -3.74. The molecule has 1 saturated heterocycles. The molecular formula is C17H20N2O4S. The number of carbonyl (C=O) groups is 1. The molecule has 0 saturated carbocycles. The summed E-state index contributed by atoms with van der Waals surface area (Å²) in [5.74, 6) is -0.348. The number of benzene rings is 2. The van der Waals surface area contributed by atoms with Gasteiger partial charge in [-0.15, -0.1) is 0 Å². The summed E-state index contributed by atoms with van der Waals surface area (Å²) in [6.45, 7) is 0.336. The molecule has 0 aromatic heterocycles. The average Bonchev–Trinajstić information content (AvgIpc) is 3.10. The SMILES string of the molecule is CON(C)C(=O)C1CCCN1S(=O)(=O)c1ccc2ccccc2c1. The Morgan fingerprint density at radius 2 is 1.92 bits per heavy atom. The zero-order valence-corrected chi connectivity index (χ0v) is 14.5. The van der Waals surface area contributed by atoms with Gasteiger partial charge in [0.25, 0.3) is 5.91 Å². The predicted octanol–water partition coefficient (Wildman–Crippen LogP) is 2.01. The van der Waals surface area contributed by atoms with Crippen molar-refractivity contribution in [2.45, 2.75) is 23.8 Å². The van der Waals surface area contributed by atoms with Gasteiger partial charge < -0.3 is 0 Å². The van der Waals surface area contributed by atoms with E-state index >= 15 is 0 Å². The maximum Gasteiger partial charge on any atom is 0.264 e. The molecule has 0 radical (unpaired) electrons. The molecule has 1 atom stereocenters. The van der Waals surface area contributed by atoms with Crippen molar-refractivity contribution in [3.8, 4) is 0 Å². The first-order valence-corrected chi connectivity index (χ1v) is 9.21. The number of likely N-dealkylation sites (N-methyl/N-ethyl adjacent to an activating group) is 1. The fourth-order valence-electron chi connectivity index (χ4n) is 3.04. The highest BCUT2D eigenvalue weighted by atomic mass is 32.2. The third-order valence-corrected chi connectivity index (χ3v) is 6.30. The lowest BCUT2D eigenvalue weighted by Crippen LogP contribution is -2.46. The van der Waals surface area contributed by atoms with E-state index in [0.717, 1.165) is 15.8 Å². The first-order valence-electron chi connectivity index (χ1n) is 7.77. The number of amides is 1. The molecule has 1 heterocycles. The predicted molar refractivity (Wildman–Crippen MR) is 90.6 cm³/mol. The Bertz CT molecular complexity index is 866. The second kappa shape index (κ2) is 6.51. The van der Waals surface area contributed by atoms with E-state index in [0.29, 0.717) is 19.4 Å². The van der Waals surface area contributed by atoms with Crippen LogP contribution in [0.25, 0.3) is 10.8 Å². The van der Waals surface area contributed by atoms with Gasteiger partial charge in [0.15, 0.2) is 0 Å². The fourth-order valence-corrected chi connectivity index (χ4v) is 4.72. The number of sulfonamides is 1. The molecule has 6 nitrogen and oxygen atoms in total. The van der Waals surface area contributed by atoms with Crippen molar-refractivity contribution < 1.29 is 18.0 Å². The molecule has 0 bridgehead atoms. The summed E-state index contributed by atoms with van der Waals surface area (Å²) in [5, 5.41) is 2.91. The summed E-state index contributed by atoms with van der Waals surface area (Å²) in [4.78, 5) is 17.5. The Balaban J connectivity index is 1.97. The summed E-state index contributed by atoms with van der Waals surface area (Å²) < 4.78 is 27.3. The molecule has 1 amide bonds. The van der Waals surface area contributed by atoms with Crippen LogP contribution in [0.15, 0.2) is 47.4 Å². The molecule has 1 unspecified atom stereocenters. The van der Waals surface area contributed by atoms with E-state index in [4.69, 9.17) is 4.84 Å². The van der Waals surface area contributed by atoms with Gasteiger partial charge in [-0.25, -0.2) is 13.5 Å². The third-order valence-electron chi connectivity index (χ3n) is 4.40. The molecule has 2 aromatic carbocycles. The van der Waals surface area contributed by atoms with Crippen LogP contribution in [0.2, 0.25) is 0 Å². The van der Waals surface area contributed by atoms with Crippen LogP contribution in [0.1, 0.15) is 12.8 Å². The molecule has 7 heteroatoms. The number of fused-ring (bicyclic) bond motifs is 1. The maximum absolute atomic E-state index is 13.0. The van der Waals surface area contributed by atoms with Gasteiger partial charge in [0.2, 0.25) is 10.0 Å². The quantitative estimate of drug-likeness (QED) is 0.793. The van der Waals surface area contributed by atoms with Crippen molar-refractivity contribution in [1.82, 2.24) is 9.37 Å². The van der Waals surface area contributed by atoms with Crippen molar-refractivity contribution in [2.75, 3.05) is 20.7 Å². The van der Waals surface area contributed by atoms with Gasteiger partial charge in [-0.1, -0.05) is 30.3 Å². The van der Waals surface area contributed by atoms with E-state index < -0.39 is 16.1 Å². The molecule has 3 rings (SSSR count). The number of nitrogens with zero attached hydrogens (tertiary/aromatic N) is 2.